The fraction of sp³-hybridized carbons (Fsp3) is 0.250. The third-order valence-electron chi connectivity index (χ3n) is 5.50. The summed E-state index contributed by atoms with van der Waals surface area (Å²) in [6.45, 7) is 1.61. The molecule has 0 atom stereocenters. The Balaban J connectivity index is 1.51. The second-order valence-corrected chi connectivity index (χ2v) is 7.85. The Bertz CT molecular complexity index is 1210. The van der Waals surface area contributed by atoms with Crippen molar-refractivity contribution in [1.29, 1.82) is 0 Å². The number of rotatable bonds is 5. The van der Waals surface area contributed by atoms with Gasteiger partial charge in [-0.2, -0.15) is 5.10 Å². The summed E-state index contributed by atoms with van der Waals surface area (Å²) in [5.74, 6) is -1.39. The molecule has 2 amide bonds. The summed E-state index contributed by atoms with van der Waals surface area (Å²) in [7, 11) is 0. The van der Waals surface area contributed by atoms with Gasteiger partial charge in [0.25, 0.3) is 11.8 Å². The van der Waals surface area contributed by atoms with E-state index in [9.17, 15) is 18.8 Å². The number of nitrogens with zero attached hydrogens (tertiary/aromatic N) is 2. The molecule has 32 heavy (non-hydrogen) atoms. The first-order chi connectivity index (χ1) is 15.4. The Morgan fingerprint density at radius 3 is 2.41 bits per heavy atom. The SMILES string of the molecule is Cc1cc(=O)c(C(=O)Nc2ccc(C(=O)NC3CCCC3)cc2)nn1-c1ccccc1F. The van der Waals surface area contributed by atoms with E-state index in [0.29, 0.717) is 16.9 Å². The molecule has 164 valence electrons. The minimum absolute atomic E-state index is 0.136. The Morgan fingerprint density at radius 2 is 1.72 bits per heavy atom. The maximum absolute atomic E-state index is 14.2. The van der Waals surface area contributed by atoms with Crippen molar-refractivity contribution in [2.75, 3.05) is 5.32 Å². The Labute approximate surface area is 184 Å². The lowest BCUT2D eigenvalue weighted by Crippen LogP contribution is -2.32. The van der Waals surface area contributed by atoms with Crippen LogP contribution in [-0.4, -0.2) is 27.6 Å². The molecule has 8 heteroatoms. The second kappa shape index (κ2) is 9.13. The molecular weight excluding hydrogens is 411 g/mol. The third-order valence-corrected chi connectivity index (χ3v) is 5.50. The molecule has 2 aromatic carbocycles. The number of carbonyl (C=O) groups excluding carboxylic acids is 2. The maximum atomic E-state index is 14.2. The van der Waals surface area contributed by atoms with E-state index < -0.39 is 17.2 Å². The average Bonchev–Trinajstić information content (AvgIpc) is 3.28. The van der Waals surface area contributed by atoms with Crippen LogP contribution in [0.3, 0.4) is 0 Å². The van der Waals surface area contributed by atoms with Crippen LogP contribution in [0.1, 0.15) is 52.2 Å². The minimum Gasteiger partial charge on any atom is -0.349 e. The number of amides is 2. The van der Waals surface area contributed by atoms with E-state index >= 15 is 0 Å². The van der Waals surface area contributed by atoms with E-state index in [1.54, 1.807) is 43.3 Å². The summed E-state index contributed by atoms with van der Waals surface area (Å²) in [4.78, 5) is 37.4. The van der Waals surface area contributed by atoms with Gasteiger partial charge in [-0.25, -0.2) is 9.07 Å². The molecule has 0 aliphatic heterocycles. The highest BCUT2D eigenvalue weighted by Crippen LogP contribution is 2.19. The van der Waals surface area contributed by atoms with Crippen molar-refractivity contribution in [3.63, 3.8) is 0 Å². The number of para-hydroxylation sites is 1. The Morgan fingerprint density at radius 1 is 1.03 bits per heavy atom. The van der Waals surface area contributed by atoms with Gasteiger partial charge >= 0.3 is 0 Å². The lowest BCUT2D eigenvalue weighted by molar-refractivity contribution is 0.0937. The highest BCUT2D eigenvalue weighted by atomic mass is 19.1. The first-order valence-corrected chi connectivity index (χ1v) is 10.5. The molecule has 0 bridgehead atoms. The lowest BCUT2D eigenvalue weighted by atomic mass is 10.1. The average molecular weight is 434 g/mol. The van der Waals surface area contributed by atoms with Crippen molar-refractivity contribution in [1.82, 2.24) is 15.1 Å². The van der Waals surface area contributed by atoms with Crippen LogP contribution in [0.5, 0.6) is 0 Å². The largest absolute Gasteiger partial charge is 0.349 e. The van der Waals surface area contributed by atoms with Gasteiger partial charge in [-0.15, -0.1) is 0 Å². The summed E-state index contributed by atoms with van der Waals surface area (Å²) in [5.41, 5.74) is 0.505. The van der Waals surface area contributed by atoms with E-state index in [4.69, 9.17) is 0 Å². The van der Waals surface area contributed by atoms with E-state index in [2.05, 4.69) is 15.7 Å². The summed E-state index contributed by atoms with van der Waals surface area (Å²) >= 11 is 0. The van der Waals surface area contributed by atoms with Crippen LogP contribution < -0.4 is 16.1 Å². The number of nitrogens with one attached hydrogen (secondary N) is 2. The lowest BCUT2D eigenvalue weighted by Gasteiger charge is -2.13. The molecule has 1 aromatic heterocycles. The summed E-state index contributed by atoms with van der Waals surface area (Å²) < 4.78 is 15.4. The minimum atomic E-state index is -0.719. The van der Waals surface area contributed by atoms with E-state index in [-0.39, 0.29) is 23.3 Å². The monoisotopic (exact) mass is 434 g/mol. The molecule has 3 aromatic rings. The number of carbonyl (C=O) groups is 2. The third kappa shape index (κ3) is 4.59. The van der Waals surface area contributed by atoms with Crippen molar-refractivity contribution in [3.8, 4) is 5.69 Å². The van der Waals surface area contributed by atoms with Crippen molar-refractivity contribution < 1.29 is 14.0 Å². The number of aromatic nitrogens is 2. The van der Waals surface area contributed by atoms with Crippen molar-refractivity contribution in [2.45, 2.75) is 38.6 Å². The van der Waals surface area contributed by atoms with Crippen molar-refractivity contribution >= 4 is 17.5 Å². The molecule has 2 N–H and O–H groups in total. The number of hydrogen-bond donors (Lipinski definition) is 2. The van der Waals surface area contributed by atoms with Crippen molar-refractivity contribution in [3.05, 3.63) is 87.6 Å². The van der Waals surface area contributed by atoms with Crippen LogP contribution in [0.15, 0.2) is 59.4 Å². The number of hydrogen-bond acceptors (Lipinski definition) is 4. The van der Waals surface area contributed by atoms with Gasteiger partial charge in [0.2, 0.25) is 5.43 Å². The number of benzene rings is 2. The first kappa shape index (κ1) is 21.4. The van der Waals surface area contributed by atoms with Crippen molar-refractivity contribution in [2.24, 2.45) is 0 Å². The van der Waals surface area contributed by atoms with Gasteiger partial charge in [0.15, 0.2) is 5.69 Å². The molecule has 1 fully saturated rings. The van der Waals surface area contributed by atoms with Crippen LogP contribution in [0.4, 0.5) is 10.1 Å². The van der Waals surface area contributed by atoms with Crippen LogP contribution in [0.2, 0.25) is 0 Å². The molecule has 0 saturated heterocycles. The normalized spacial score (nSPS) is 13.7. The first-order valence-electron chi connectivity index (χ1n) is 10.5. The van der Waals surface area contributed by atoms with Gasteiger partial charge in [-0.05, 0) is 56.2 Å². The maximum Gasteiger partial charge on any atom is 0.280 e. The van der Waals surface area contributed by atoms with E-state index in [1.165, 1.54) is 22.9 Å². The van der Waals surface area contributed by atoms with Gasteiger partial charge in [0.1, 0.15) is 11.5 Å². The predicted octanol–water partition coefficient (Wildman–Crippen LogP) is 3.60. The van der Waals surface area contributed by atoms with Crippen LogP contribution in [0.25, 0.3) is 5.69 Å². The van der Waals surface area contributed by atoms with Gasteiger partial charge in [0, 0.05) is 29.1 Å². The van der Waals surface area contributed by atoms with Gasteiger partial charge in [-0.1, -0.05) is 25.0 Å². The zero-order valence-electron chi connectivity index (χ0n) is 17.6. The molecule has 1 aliphatic rings. The highest BCUT2D eigenvalue weighted by molar-refractivity contribution is 6.03. The highest BCUT2D eigenvalue weighted by Gasteiger charge is 2.19. The van der Waals surface area contributed by atoms with Gasteiger partial charge in [-0.3, -0.25) is 14.4 Å². The molecule has 4 rings (SSSR count). The quantitative estimate of drug-likeness (QED) is 0.642. The second-order valence-electron chi connectivity index (χ2n) is 7.85. The molecule has 1 aliphatic carbocycles. The smallest absolute Gasteiger partial charge is 0.280 e. The fourth-order valence-corrected chi connectivity index (χ4v) is 3.81. The molecular formula is C24H23FN4O3. The van der Waals surface area contributed by atoms with Crippen LogP contribution in [-0.2, 0) is 0 Å². The van der Waals surface area contributed by atoms with Crippen LogP contribution >= 0.6 is 0 Å². The Kier molecular flexibility index (Phi) is 6.11. The predicted molar refractivity (Wildman–Crippen MR) is 119 cm³/mol. The number of aryl methyl sites for hydroxylation is 1. The Hall–Kier alpha value is -3.81. The standard InChI is InChI=1S/C24H23FN4O3/c1-15-14-21(30)22(28-29(15)20-9-5-4-8-19(20)25)24(32)27-18-12-10-16(11-13-18)23(31)26-17-6-2-3-7-17/h4-5,8-14,17H,2-3,6-7H2,1H3,(H,26,31)(H,27,32). The molecule has 0 radical (unpaired) electrons. The topological polar surface area (TPSA) is 93.1 Å². The molecule has 1 saturated carbocycles. The van der Waals surface area contributed by atoms with Gasteiger partial charge < -0.3 is 10.6 Å². The van der Waals surface area contributed by atoms with E-state index in [1.807, 2.05) is 0 Å². The summed E-state index contributed by atoms with van der Waals surface area (Å²) in [5, 5.41) is 9.71. The molecule has 0 unspecified atom stereocenters. The van der Waals surface area contributed by atoms with Crippen LogP contribution in [0, 0.1) is 12.7 Å². The zero-order chi connectivity index (χ0) is 22.7. The fourth-order valence-electron chi connectivity index (χ4n) is 3.81. The molecule has 0 spiro atoms. The van der Waals surface area contributed by atoms with E-state index in [0.717, 1.165) is 25.7 Å². The molecule has 1 heterocycles. The number of anilines is 1. The molecule has 7 nitrogen and oxygen atoms in total. The number of halogens is 1. The summed E-state index contributed by atoms with van der Waals surface area (Å²) in [6, 6.07) is 13.8. The van der Waals surface area contributed by atoms with Gasteiger partial charge in [0.05, 0.1) is 0 Å². The zero-order valence-corrected chi connectivity index (χ0v) is 17.6. The summed E-state index contributed by atoms with van der Waals surface area (Å²) in [6.07, 6.45) is 4.24.